The number of nitrogens with one attached hydrogen (secondary N) is 2. The maximum atomic E-state index is 11.8. The van der Waals surface area contributed by atoms with Gasteiger partial charge in [-0.1, -0.05) is 13.8 Å². The van der Waals surface area contributed by atoms with Gasteiger partial charge >= 0.3 is 0 Å². The average Bonchev–Trinajstić information content (AvgIpc) is 2.17. The Hall–Kier alpha value is -0.610. The molecule has 0 saturated carbocycles. The second-order valence-electron chi connectivity index (χ2n) is 6.22. The fraction of sp³-hybridized carbons (Fsp3) is 0.923. The third-order valence-corrected chi connectivity index (χ3v) is 2.70. The number of amides is 1. The summed E-state index contributed by atoms with van der Waals surface area (Å²) in [6.45, 7) is 11.7. The van der Waals surface area contributed by atoms with Crippen LogP contribution in [-0.2, 0) is 9.53 Å². The molecular weight excluding hydrogens is 216 g/mol. The Morgan fingerprint density at radius 2 is 2.06 bits per heavy atom. The van der Waals surface area contributed by atoms with Crippen molar-refractivity contribution in [2.75, 3.05) is 13.2 Å². The van der Waals surface area contributed by atoms with E-state index in [9.17, 15) is 4.79 Å². The van der Waals surface area contributed by atoms with E-state index in [1.54, 1.807) is 0 Å². The first kappa shape index (κ1) is 14.5. The lowest BCUT2D eigenvalue weighted by molar-refractivity contribution is -0.127. The molecule has 100 valence electrons. The van der Waals surface area contributed by atoms with E-state index in [0.717, 1.165) is 13.0 Å². The molecule has 2 N–H and O–H groups in total. The highest BCUT2D eigenvalue weighted by atomic mass is 16.5. The molecule has 0 radical (unpaired) electrons. The molecule has 1 aliphatic rings. The zero-order valence-electron chi connectivity index (χ0n) is 11.7. The van der Waals surface area contributed by atoms with Gasteiger partial charge in [0.05, 0.1) is 24.3 Å². The summed E-state index contributed by atoms with van der Waals surface area (Å²) < 4.78 is 5.68. The normalized spacial score (nSPS) is 26.1. The fourth-order valence-corrected chi connectivity index (χ4v) is 1.84. The maximum absolute atomic E-state index is 11.8. The Bertz CT molecular complexity index is 259. The van der Waals surface area contributed by atoms with E-state index >= 15 is 0 Å². The number of carbonyl (C=O) groups excluding carboxylic acids is 1. The quantitative estimate of drug-likeness (QED) is 0.781. The molecule has 1 fully saturated rings. The minimum absolute atomic E-state index is 0.0408. The van der Waals surface area contributed by atoms with Crippen LogP contribution < -0.4 is 10.6 Å². The van der Waals surface area contributed by atoms with Gasteiger partial charge < -0.3 is 15.4 Å². The summed E-state index contributed by atoms with van der Waals surface area (Å²) in [5.74, 6) is 0.632. The lowest BCUT2D eigenvalue weighted by Crippen LogP contribution is -2.60. The van der Waals surface area contributed by atoms with Crippen molar-refractivity contribution in [2.45, 2.75) is 58.7 Å². The summed E-state index contributed by atoms with van der Waals surface area (Å²) in [4.78, 5) is 11.8. The molecule has 0 aromatic carbocycles. The minimum Gasteiger partial charge on any atom is -0.374 e. The van der Waals surface area contributed by atoms with E-state index in [2.05, 4.69) is 24.5 Å². The Morgan fingerprint density at radius 3 is 2.53 bits per heavy atom. The van der Waals surface area contributed by atoms with Gasteiger partial charge in [-0.3, -0.25) is 4.79 Å². The van der Waals surface area contributed by atoms with Gasteiger partial charge in [0.2, 0.25) is 5.91 Å². The first-order valence-corrected chi connectivity index (χ1v) is 6.45. The van der Waals surface area contributed by atoms with E-state index in [-0.39, 0.29) is 23.6 Å². The van der Waals surface area contributed by atoms with E-state index in [0.29, 0.717) is 12.5 Å². The molecule has 1 aliphatic heterocycles. The van der Waals surface area contributed by atoms with Crippen LogP contribution in [0.15, 0.2) is 0 Å². The highest BCUT2D eigenvalue weighted by Gasteiger charge is 2.28. The van der Waals surface area contributed by atoms with Crippen molar-refractivity contribution in [2.24, 2.45) is 5.92 Å². The Labute approximate surface area is 104 Å². The van der Waals surface area contributed by atoms with Crippen LogP contribution in [0.2, 0.25) is 0 Å². The number of hydrogen-bond acceptors (Lipinski definition) is 3. The van der Waals surface area contributed by atoms with Crippen LogP contribution in [0.3, 0.4) is 0 Å². The summed E-state index contributed by atoms with van der Waals surface area (Å²) in [6.07, 6.45) is 0.888. The van der Waals surface area contributed by atoms with Gasteiger partial charge in [-0.15, -0.1) is 0 Å². The molecule has 1 amide bonds. The van der Waals surface area contributed by atoms with E-state index in [1.807, 2.05) is 20.8 Å². The highest BCUT2D eigenvalue weighted by molar-refractivity contribution is 5.82. The number of rotatable bonds is 4. The fourth-order valence-electron chi connectivity index (χ4n) is 1.84. The number of piperazine rings is 1. The lowest BCUT2D eigenvalue weighted by Gasteiger charge is -2.32. The molecular formula is C13H26N2O2. The molecule has 0 spiro atoms. The summed E-state index contributed by atoms with van der Waals surface area (Å²) >= 11 is 0. The van der Waals surface area contributed by atoms with Gasteiger partial charge in [0, 0.05) is 6.54 Å². The minimum atomic E-state index is -0.153. The standard InChI is InChI=1S/C13H26N2O2/c1-9(2)6-11-12(16)15-10(7-14-11)8-17-13(3,4)5/h9-11,14H,6-8H2,1-5H3,(H,15,16)/t10-,11+/m0/s1. The Kier molecular flexibility index (Phi) is 4.95. The predicted molar refractivity (Wildman–Crippen MR) is 68.9 cm³/mol. The van der Waals surface area contributed by atoms with Gasteiger partial charge in [-0.2, -0.15) is 0 Å². The smallest absolute Gasteiger partial charge is 0.237 e. The zero-order chi connectivity index (χ0) is 13.1. The second kappa shape index (κ2) is 5.83. The van der Waals surface area contributed by atoms with Crippen LogP contribution in [0.4, 0.5) is 0 Å². The van der Waals surface area contributed by atoms with Gasteiger partial charge in [0.15, 0.2) is 0 Å². The van der Waals surface area contributed by atoms with Crippen molar-refractivity contribution in [3.05, 3.63) is 0 Å². The van der Waals surface area contributed by atoms with E-state index < -0.39 is 0 Å². The molecule has 1 saturated heterocycles. The summed E-state index contributed by atoms with van der Waals surface area (Å²) in [6, 6.07) is 0.0472. The molecule has 0 aliphatic carbocycles. The third kappa shape index (κ3) is 5.50. The predicted octanol–water partition coefficient (Wildman–Crippen LogP) is 1.30. The number of ether oxygens (including phenoxy) is 1. The molecule has 4 nitrogen and oxygen atoms in total. The Balaban J connectivity index is 2.34. The van der Waals surface area contributed by atoms with Crippen LogP contribution in [0.5, 0.6) is 0 Å². The first-order chi connectivity index (χ1) is 7.78. The number of carbonyl (C=O) groups is 1. The van der Waals surface area contributed by atoms with Gasteiger partial charge in [0.25, 0.3) is 0 Å². The molecule has 0 bridgehead atoms. The van der Waals surface area contributed by atoms with Crippen molar-refractivity contribution in [3.63, 3.8) is 0 Å². The summed E-state index contributed by atoms with van der Waals surface area (Å²) in [7, 11) is 0. The van der Waals surface area contributed by atoms with Crippen molar-refractivity contribution in [1.82, 2.24) is 10.6 Å². The number of hydrogen-bond donors (Lipinski definition) is 2. The highest BCUT2D eigenvalue weighted by Crippen LogP contribution is 2.10. The Morgan fingerprint density at radius 1 is 1.41 bits per heavy atom. The van der Waals surface area contributed by atoms with Crippen LogP contribution in [-0.4, -0.2) is 36.7 Å². The zero-order valence-corrected chi connectivity index (χ0v) is 11.7. The molecule has 1 heterocycles. The van der Waals surface area contributed by atoms with Crippen LogP contribution in [0.1, 0.15) is 41.0 Å². The molecule has 2 atom stereocenters. The second-order valence-corrected chi connectivity index (χ2v) is 6.22. The molecule has 1 rings (SSSR count). The van der Waals surface area contributed by atoms with Crippen LogP contribution >= 0.6 is 0 Å². The van der Waals surface area contributed by atoms with Crippen LogP contribution in [0, 0.1) is 5.92 Å². The molecule has 0 aromatic rings. The van der Waals surface area contributed by atoms with Gasteiger partial charge in [0.1, 0.15) is 0 Å². The summed E-state index contributed by atoms with van der Waals surface area (Å²) in [5.41, 5.74) is -0.153. The maximum Gasteiger partial charge on any atom is 0.237 e. The first-order valence-electron chi connectivity index (χ1n) is 6.45. The molecule has 4 heteroatoms. The summed E-state index contributed by atoms with van der Waals surface area (Å²) in [5, 5.41) is 6.31. The third-order valence-electron chi connectivity index (χ3n) is 2.70. The van der Waals surface area contributed by atoms with Crippen molar-refractivity contribution < 1.29 is 9.53 Å². The van der Waals surface area contributed by atoms with Crippen molar-refractivity contribution in [1.29, 1.82) is 0 Å². The average molecular weight is 242 g/mol. The van der Waals surface area contributed by atoms with Crippen molar-refractivity contribution in [3.8, 4) is 0 Å². The van der Waals surface area contributed by atoms with Gasteiger partial charge in [-0.25, -0.2) is 0 Å². The van der Waals surface area contributed by atoms with Gasteiger partial charge in [-0.05, 0) is 33.1 Å². The molecule has 0 unspecified atom stereocenters. The SMILES string of the molecule is CC(C)C[C@H]1NC[C@@H](COC(C)(C)C)NC1=O. The van der Waals surface area contributed by atoms with E-state index in [1.165, 1.54) is 0 Å². The molecule has 0 aromatic heterocycles. The topological polar surface area (TPSA) is 50.4 Å². The van der Waals surface area contributed by atoms with E-state index in [4.69, 9.17) is 4.74 Å². The monoisotopic (exact) mass is 242 g/mol. The van der Waals surface area contributed by atoms with Crippen LogP contribution in [0.25, 0.3) is 0 Å². The largest absolute Gasteiger partial charge is 0.374 e. The van der Waals surface area contributed by atoms with Crippen molar-refractivity contribution >= 4 is 5.91 Å². The lowest BCUT2D eigenvalue weighted by atomic mass is 10.0. The molecule has 17 heavy (non-hydrogen) atoms.